The van der Waals surface area contributed by atoms with Crippen LogP contribution in [0.3, 0.4) is 0 Å². The van der Waals surface area contributed by atoms with Gasteiger partial charge in [0, 0.05) is 30.9 Å². The highest BCUT2D eigenvalue weighted by molar-refractivity contribution is 5.40. The number of hydrogen-bond acceptors (Lipinski definition) is 3. The van der Waals surface area contributed by atoms with Crippen LogP contribution in [-0.2, 0) is 13.0 Å². The minimum absolute atomic E-state index is 0.481. The zero-order valence-electron chi connectivity index (χ0n) is 10.6. The lowest BCUT2D eigenvalue weighted by Gasteiger charge is -2.25. The predicted molar refractivity (Wildman–Crippen MR) is 71.7 cm³/mol. The third-order valence-corrected chi connectivity index (χ3v) is 3.44. The van der Waals surface area contributed by atoms with Gasteiger partial charge < -0.3 is 5.32 Å². The molecule has 3 heterocycles. The van der Waals surface area contributed by atoms with Crippen molar-refractivity contribution in [3.05, 3.63) is 41.9 Å². The lowest BCUT2D eigenvalue weighted by atomic mass is 9.99. The second-order valence-electron chi connectivity index (χ2n) is 4.81. The molecular weight excluding hydrogens is 224 g/mol. The largest absolute Gasteiger partial charge is 0.370 e. The summed E-state index contributed by atoms with van der Waals surface area (Å²) in [4.78, 5) is 4.07. The highest BCUT2D eigenvalue weighted by atomic mass is 15.3. The molecule has 2 aromatic heterocycles. The molecule has 0 radical (unpaired) electrons. The minimum Gasteiger partial charge on any atom is -0.370 e. The summed E-state index contributed by atoms with van der Waals surface area (Å²) in [7, 11) is 0. The van der Waals surface area contributed by atoms with Crippen molar-refractivity contribution in [2.75, 3.05) is 11.9 Å². The predicted octanol–water partition coefficient (Wildman–Crippen LogP) is 2.44. The second kappa shape index (κ2) is 4.80. The van der Waals surface area contributed by atoms with Crippen molar-refractivity contribution in [2.24, 2.45) is 0 Å². The summed E-state index contributed by atoms with van der Waals surface area (Å²) >= 11 is 0. The van der Waals surface area contributed by atoms with Crippen LogP contribution >= 0.6 is 0 Å². The molecule has 4 nitrogen and oxygen atoms in total. The van der Waals surface area contributed by atoms with Gasteiger partial charge in [-0.2, -0.15) is 5.10 Å². The molecule has 4 heteroatoms. The average molecular weight is 242 g/mol. The molecular formula is C14H18N4. The number of pyridine rings is 1. The standard InChI is InChI=1S/C14H18N4/c1-2-3-13-8-14-16-9-12(10-18(14)17-13)11-4-6-15-7-5-11/h4-8,12,16H,2-3,9-10H2,1H3. The fourth-order valence-electron chi connectivity index (χ4n) is 2.49. The zero-order valence-corrected chi connectivity index (χ0v) is 10.6. The van der Waals surface area contributed by atoms with Crippen LogP contribution in [0.4, 0.5) is 5.82 Å². The van der Waals surface area contributed by atoms with Crippen LogP contribution in [0.25, 0.3) is 0 Å². The highest BCUT2D eigenvalue weighted by Gasteiger charge is 2.20. The average Bonchev–Trinajstić information content (AvgIpc) is 2.81. The fourth-order valence-corrected chi connectivity index (χ4v) is 2.49. The number of fused-ring (bicyclic) bond motifs is 1. The zero-order chi connectivity index (χ0) is 12.4. The molecule has 3 rings (SSSR count). The first-order chi connectivity index (χ1) is 8.86. The maximum Gasteiger partial charge on any atom is 0.124 e. The smallest absolute Gasteiger partial charge is 0.124 e. The number of nitrogens with one attached hydrogen (secondary N) is 1. The van der Waals surface area contributed by atoms with E-state index < -0.39 is 0 Å². The topological polar surface area (TPSA) is 42.7 Å². The Balaban J connectivity index is 1.80. The Hall–Kier alpha value is -1.84. The molecule has 0 fully saturated rings. The Bertz CT molecular complexity index is 518. The summed E-state index contributed by atoms with van der Waals surface area (Å²) in [6.45, 7) is 4.11. The Morgan fingerprint density at radius 1 is 1.39 bits per heavy atom. The van der Waals surface area contributed by atoms with Crippen LogP contribution in [0.15, 0.2) is 30.6 Å². The summed E-state index contributed by atoms with van der Waals surface area (Å²) in [6, 6.07) is 6.36. The molecule has 18 heavy (non-hydrogen) atoms. The maximum absolute atomic E-state index is 4.65. The molecule has 0 aromatic carbocycles. The SMILES string of the molecule is CCCc1cc2n(n1)CC(c1ccncc1)CN2. The molecule has 0 bridgehead atoms. The summed E-state index contributed by atoms with van der Waals surface area (Å²) in [5.74, 6) is 1.64. The molecule has 1 N–H and O–H groups in total. The molecule has 0 saturated heterocycles. The van der Waals surface area contributed by atoms with E-state index >= 15 is 0 Å². The summed E-state index contributed by atoms with van der Waals surface area (Å²) < 4.78 is 2.10. The van der Waals surface area contributed by atoms with Crippen molar-refractivity contribution >= 4 is 5.82 Å². The maximum atomic E-state index is 4.65. The van der Waals surface area contributed by atoms with Gasteiger partial charge in [0.05, 0.1) is 12.2 Å². The molecule has 0 amide bonds. The van der Waals surface area contributed by atoms with Gasteiger partial charge in [-0.25, -0.2) is 4.68 Å². The Morgan fingerprint density at radius 2 is 2.22 bits per heavy atom. The van der Waals surface area contributed by atoms with E-state index in [1.165, 1.54) is 11.3 Å². The molecule has 0 spiro atoms. The number of hydrogen-bond donors (Lipinski definition) is 1. The molecule has 0 aliphatic carbocycles. The number of aromatic nitrogens is 3. The Labute approximate surface area is 107 Å². The lowest BCUT2D eigenvalue weighted by molar-refractivity contribution is 0.501. The first-order valence-electron chi connectivity index (χ1n) is 6.57. The van der Waals surface area contributed by atoms with E-state index in [0.29, 0.717) is 5.92 Å². The van der Waals surface area contributed by atoms with Gasteiger partial charge in [-0.05, 0) is 24.1 Å². The van der Waals surface area contributed by atoms with Crippen LogP contribution < -0.4 is 5.32 Å². The molecule has 94 valence electrons. The van der Waals surface area contributed by atoms with E-state index in [9.17, 15) is 0 Å². The van der Waals surface area contributed by atoms with Crippen molar-refractivity contribution in [3.8, 4) is 0 Å². The van der Waals surface area contributed by atoms with Gasteiger partial charge in [-0.1, -0.05) is 13.3 Å². The van der Waals surface area contributed by atoms with Gasteiger partial charge in [-0.15, -0.1) is 0 Å². The second-order valence-corrected chi connectivity index (χ2v) is 4.81. The Morgan fingerprint density at radius 3 is 3.00 bits per heavy atom. The molecule has 1 aliphatic rings. The summed E-state index contributed by atoms with van der Waals surface area (Å²) in [6.07, 6.45) is 5.92. The quantitative estimate of drug-likeness (QED) is 0.899. The molecule has 1 aliphatic heterocycles. The van der Waals surface area contributed by atoms with Crippen molar-refractivity contribution in [1.82, 2.24) is 14.8 Å². The van der Waals surface area contributed by atoms with Crippen LogP contribution in [0, 0.1) is 0 Å². The third-order valence-electron chi connectivity index (χ3n) is 3.44. The Kier molecular flexibility index (Phi) is 3.00. The van der Waals surface area contributed by atoms with E-state index in [-0.39, 0.29) is 0 Å². The molecule has 1 unspecified atom stereocenters. The van der Waals surface area contributed by atoms with Crippen molar-refractivity contribution in [1.29, 1.82) is 0 Å². The van der Waals surface area contributed by atoms with Crippen molar-refractivity contribution < 1.29 is 0 Å². The van der Waals surface area contributed by atoms with Gasteiger partial charge in [0.2, 0.25) is 0 Å². The van der Waals surface area contributed by atoms with Gasteiger partial charge in [-0.3, -0.25) is 4.98 Å². The van der Waals surface area contributed by atoms with Crippen molar-refractivity contribution in [2.45, 2.75) is 32.2 Å². The molecule has 0 saturated carbocycles. The highest BCUT2D eigenvalue weighted by Crippen LogP contribution is 2.25. The van der Waals surface area contributed by atoms with E-state index in [4.69, 9.17) is 0 Å². The molecule has 1 atom stereocenters. The number of rotatable bonds is 3. The third kappa shape index (κ3) is 2.10. The van der Waals surface area contributed by atoms with E-state index in [1.807, 2.05) is 12.4 Å². The van der Waals surface area contributed by atoms with Gasteiger partial charge in [0.25, 0.3) is 0 Å². The normalized spacial score (nSPS) is 18.2. The van der Waals surface area contributed by atoms with Gasteiger partial charge in [0.15, 0.2) is 0 Å². The van der Waals surface area contributed by atoms with Crippen LogP contribution in [0.2, 0.25) is 0 Å². The number of anilines is 1. The van der Waals surface area contributed by atoms with Crippen LogP contribution in [0.5, 0.6) is 0 Å². The fraction of sp³-hybridized carbons (Fsp3) is 0.429. The van der Waals surface area contributed by atoms with Gasteiger partial charge >= 0.3 is 0 Å². The lowest BCUT2D eigenvalue weighted by Crippen LogP contribution is -2.26. The van der Waals surface area contributed by atoms with Gasteiger partial charge in [0.1, 0.15) is 5.82 Å². The first-order valence-corrected chi connectivity index (χ1v) is 6.57. The molecule has 2 aromatic rings. The van der Waals surface area contributed by atoms with E-state index in [2.05, 4.69) is 45.2 Å². The van der Waals surface area contributed by atoms with Crippen LogP contribution in [-0.4, -0.2) is 21.3 Å². The van der Waals surface area contributed by atoms with E-state index in [0.717, 1.165) is 31.7 Å². The van der Waals surface area contributed by atoms with Crippen molar-refractivity contribution in [3.63, 3.8) is 0 Å². The summed E-state index contributed by atoms with van der Waals surface area (Å²) in [5, 5.41) is 8.12. The van der Waals surface area contributed by atoms with E-state index in [1.54, 1.807) is 0 Å². The summed E-state index contributed by atoms with van der Waals surface area (Å²) in [5.41, 5.74) is 2.52. The first kappa shape index (κ1) is 11.3. The minimum atomic E-state index is 0.481. The monoisotopic (exact) mass is 242 g/mol. The van der Waals surface area contributed by atoms with Crippen LogP contribution in [0.1, 0.15) is 30.5 Å². The number of aryl methyl sites for hydroxylation is 1. The number of nitrogens with zero attached hydrogens (tertiary/aromatic N) is 3.